The zero-order chi connectivity index (χ0) is 19.3. The largest absolute Gasteiger partial charge is 0.492 e. The Morgan fingerprint density at radius 2 is 1.85 bits per heavy atom. The van der Waals surface area contributed by atoms with Crippen molar-refractivity contribution in [1.29, 1.82) is 0 Å². The lowest BCUT2D eigenvalue weighted by Gasteiger charge is -2.27. The van der Waals surface area contributed by atoms with E-state index in [-0.39, 0.29) is 25.1 Å². The third-order valence-electron chi connectivity index (χ3n) is 4.92. The van der Waals surface area contributed by atoms with Gasteiger partial charge in [-0.2, -0.15) is 0 Å². The first kappa shape index (κ1) is 19.0. The molecule has 3 amide bonds. The van der Waals surface area contributed by atoms with Crippen molar-refractivity contribution in [3.63, 3.8) is 0 Å². The zero-order valence-electron chi connectivity index (χ0n) is 15.9. The minimum atomic E-state index is -0.975. The van der Waals surface area contributed by atoms with E-state index in [9.17, 15) is 9.59 Å². The molecule has 1 fully saturated rings. The molecule has 1 aliphatic heterocycles. The lowest BCUT2D eigenvalue weighted by molar-refractivity contribution is -0.132. The maximum Gasteiger partial charge on any atom is 0.325 e. The van der Waals surface area contributed by atoms with Gasteiger partial charge in [0.1, 0.15) is 17.9 Å². The molecule has 1 heterocycles. The van der Waals surface area contributed by atoms with E-state index in [1.54, 1.807) is 0 Å². The van der Waals surface area contributed by atoms with Gasteiger partial charge in [-0.1, -0.05) is 62.2 Å². The summed E-state index contributed by atoms with van der Waals surface area (Å²) in [5.41, 5.74) is 0.960. The predicted octanol–water partition coefficient (Wildman–Crippen LogP) is 4.01. The van der Waals surface area contributed by atoms with Crippen LogP contribution in [0.2, 0.25) is 0 Å². The van der Waals surface area contributed by atoms with Crippen molar-refractivity contribution >= 4 is 11.9 Å². The van der Waals surface area contributed by atoms with E-state index in [0.29, 0.717) is 6.42 Å². The van der Waals surface area contributed by atoms with Crippen molar-refractivity contribution in [1.82, 2.24) is 10.2 Å². The van der Waals surface area contributed by atoms with Crippen LogP contribution in [0.15, 0.2) is 54.6 Å². The van der Waals surface area contributed by atoms with Crippen molar-refractivity contribution in [2.75, 3.05) is 13.2 Å². The van der Waals surface area contributed by atoms with Crippen molar-refractivity contribution < 1.29 is 14.3 Å². The Morgan fingerprint density at radius 3 is 2.56 bits per heavy atom. The molecule has 0 radical (unpaired) electrons. The second-order valence-corrected chi connectivity index (χ2v) is 6.93. The van der Waals surface area contributed by atoms with Crippen molar-refractivity contribution in [2.24, 2.45) is 0 Å². The SMILES string of the molecule is CCCCC1(c2ccccc2)NC(=O)N(CCOc2cccc(C)c2)C1=O. The number of rotatable bonds is 8. The Bertz CT molecular complexity index is 806. The molecule has 5 nitrogen and oxygen atoms in total. The van der Waals surface area contributed by atoms with Crippen molar-refractivity contribution in [3.05, 3.63) is 65.7 Å². The molecule has 27 heavy (non-hydrogen) atoms. The first-order valence-corrected chi connectivity index (χ1v) is 9.46. The van der Waals surface area contributed by atoms with Gasteiger partial charge in [0.2, 0.25) is 0 Å². The van der Waals surface area contributed by atoms with Gasteiger partial charge in [-0.25, -0.2) is 4.79 Å². The molecule has 1 aliphatic rings. The number of unbranched alkanes of at least 4 members (excludes halogenated alkanes) is 1. The van der Waals surface area contributed by atoms with Gasteiger partial charge in [-0.15, -0.1) is 0 Å². The van der Waals surface area contributed by atoms with Gasteiger partial charge in [-0.3, -0.25) is 9.69 Å². The topological polar surface area (TPSA) is 58.6 Å². The molecule has 3 rings (SSSR count). The highest BCUT2D eigenvalue weighted by Gasteiger charge is 2.51. The fraction of sp³-hybridized carbons (Fsp3) is 0.364. The average Bonchev–Trinajstić information content (AvgIpc) is 2.92. The molecule has 0 spiro atoms. The van der Waals surface area contributed by atoms with E-state index in [2.05, 4.69) is 12.2 Å². The second kappa shape index (κ2) is 8.25. The van der Waals surface area contributed by atoms with Gasteiger partial charge in [0, 0.05) is 0 Å². The first-order valence-electron chi connectivity index (χ1n) is 9.46. The molecule has 0 saturated carbocycles. The summed E-state index contributed by atoms with van der Waals surface area (Å²) >= 11 is 0. The monoisotopic (exact) mass is 366 g/mol. The number of amides is 3. The summed E-state index contributed by atoms with van der Waals surface area (Å²) in [5.74, 6) is 0.544. The molecular weight excluding hydrogens is 340 g/mol. The molecule has 142 valence electrons. The Labute approximate surface area is 160 Å². The average molecular weight is 366 g/mol. The van der Waals surface area contributed by atoms with Crippen LogP contribution in [-0.4, -0.2) is 30.0 Å². The Balaban J connectivity index is 1.73. The summed E-state index contributed by atoms with van der Waals surface area (Å²) in [6, 6.07) is 16.9. The van der Waals surface area contributed by atoms with Gasteiger partial charge in [0.15, 0.2) is 0 Å². The van der Waals surface area contributed by atoms with Crippen LogP contribution in [0, 0.1) is 6.92 Å². The molecule has 1 saturated heterocycles. The summed E-state index contributed by atoms with van der Waals surface area (Å²) in [6.45, 7) is 4.56. The molecule has 2 aromatic rings. The number of imide groups is 1. The number of nitrogens with one attached hydrogen (secondary N) is 1. The number of hydrogen-bond donors (Lipinski definition) is 1. The van der Waals surface area contributed by atoms with Gasteiger partial charge in [0.25, 0.3) is 5.91 Å². The molecule has 2 aromatic carbocycles. The Morgan fingerprint density at radius 1 is 1.07 bits per heavy atom. The lowest BCUT2D eigenvalue weighted by atomic mass is 9.85. The summed E-state index contributed by atoms with van der Waals surface area (Å²) < 4.78 is 5.73. The summed E-state index contributed by atoms with van der Waals surface area (Å²) in [5, 5.41) is 2.96. The highest BCUT2D eigenvalue weighted by molar-refractivity contribution is 6.07. The molecule has 0 aromatic heterocycles. The third-order valence-corrected chi connectivity index (χ3v) is 4.92. The number of carbonyl (C=O) groups excluding carboxylic acids is 2. The number of benzene rings is 2. The third kappa shape index (κ3) is 3.97. The molecule has 5 heteroatoms. The standard InChI is InChI=1S/C22H26N2O3/c1-3-4-13-22(18-10-6-5-7-11-18)20(25)24(21(26)23-22)14-15-27-19-12-8-9-17(2)16-19/h5-12,16H,3-4,13-15H2,1-2H3,(H,23,26). The predicted molar refractivity (Wildman–Crippen MR) is 105 cm³/mol. The van der Waals surface area contributed by atoms with E-state index < -0.39 is 5.54 Å². The molecule has 1 N–H and O–H groups in total. The van der Waals surface area contributed by atoms with Crippen LogP contribution in [0.3, 0.4) is 0 Å². The maximum absolute atomic E-state index is 13.2. The minimum Gasteiger partial charge on any atom is -0.492 e. The summed E-state index contributed by atoms with van der Waals surface area (Å²) in [4.78, 5) is 27.1. The van der Waals surface area contributed by atoms with Crippen LogP contribution in [0.4, 0.5) is 4.79 Å². The molecular formula is C22H26N2O3. The van der Waals surface area contributed by atoms with Gasteiger partial charge in [-0.05, 0) is 36.6 Å². The first-order chi connectivity index (χ1) is 13.1. The van der Waals surface area contributed by atoms with Crippen molar-refractivity contribution in [2.45, 2.75) is 38.6 Å². The van der Waals surface area contributed by atoms with Gasteiger partial charge >= 0.3 is 6.03 Å². The number of aryl methyl sites for hydroxylation is 1. The van der Waals surface area contributed by atoms with Crippen LogP contribution in [0.5, 0.6) is 5.75 Å². The number of ether oxygens (including phenoxy) is 1. The van der Waals surface area contributed by atoms with Crippen LogP contribution >= 0.6 is 0 Å². The smallest absolute Gasteiger partial charge is 0.325 e. The quantitative estimate of drug-likeness (QED) is 0.718. The van der Waals surface area contributed by atoms with Crippen molar-refractivity contribution in [3.8, 4) is 5.75 Å². The van der Waals surface area contributed by atoms with E-state index in [1.165, 1.54) is 4.90 Å². The molecule has 1 unspecified atom stereocenters. The number of urea groups is 1. The Kier molecular flexibility index (Phi) is 5.79. The lowest BCUT2D eigenvalue weighted by Crippen LogP contribution is -2.44. The minimum absolute atomic E-state index is 0.194. The highest BCUT2D eigenvalue weighted by atomic mass is 16.5. The number of hydrogen-bond acceptors (Lipinski definition) is 3. The van der Waals surface area contributed by atoms with E-state index in [0.717, 1.165) is 29.7 Å². The van der Waals surface area contributed by atoms with Crippen LogP contribution in [0.1, 0.15) is 37.3 Å². The molecule has 1 atom stereocenters. The fourth-order valence-electron chi connectivity index (χ4n) is 3.46. The molecule has 0 bridgehead atoms. The normalized spacial score (nSPS) is 19.3. The number of carbonyl (C=O) groups is 2. The van der Waals surface area contributed by atoms with E-state index >= 15 is 0 Å². The second-order valence-electron chi connectivity index (χ2n) is 6.93. The van der Waals surface area contributed by atoms with Crippen LogP contribution in [-0.2, 0) is 10.3 Å². The van der Waals surface area contributed by atoms with E-state index in [1.807, 2.05) is 61.5 Å². The summed E-state index contributed by atoms with van der Waals surface area (Å²) in [7, 11) is 0. The van der Waals surface area contributed by atoms with Gasteiger partial charge in [0.05, 0.1) is 6.54 Å². The van der Waals surface area contributed by atoms with Crippen LogP contribution < -0.4 is 10.1 Å². The van der Waals surface area contributed by atoms with Gasteiger partial charge < -0.3 is 10.1 Å². The highest BCUT2D eigenvalue weighted by Crippen LogP contribution is 2.34. The zero-order valence-corrected chi connectivity index (χ0v) is 15.9. The maximum atomic E-state index is 13.2. The fourth-order valence-corrected chi connectivity index (χ4v) is 3.46. The Hall–Kier alpha value is -2.82. The van der Waals surface area contributed by atoms with Crippen LogP contribution in [0.25, 0.3) is 0 Å². The summed E-state index contributed by atoms with van der Waals surface area (Å²) in [6.07, 6.45) is 2.40. The molecule has 0 aliphatic carbocycles. The number of nitrogens with zero attached hydrogens (tertiary/aromatic N) is 1. The van der Waals surface area contributed by atoms with E-state index in [4.69, 9.17) is 4.74 Å².